The molecule has 4 atom stereocenters. The maximum absolute atomic E-state index is 16.0. The number of sulfonamides is 1. The first kappa shape index (κ1) is 38.1. The highest BCUT2D eigenvalue weighted by atomic mass is 35.5. The number of rotatable bonds is 10. The minimum absolute atomic E-state index is 0.0343. The summed E-state index contributed by atoms with van der Waals surface area (Å²) in [5.41, 5.74) is 3.50. The first-order valence-corrected chi connectivity index (χ1v) is 19.0. The van der Waals surface area contributed by atoms with Crippen LogP contribution in [0.5, 0.6) is 0 Å². The Morgan fingerprint density at radius 2 is 1.75 bits per heavy atom. The van der Waals surface area contributed by atoms with Crippen LogP contribution < -0.4 is 10.5 Å². The zero-order chi connectivity index (χ0) is 39.9. The van der Waals surface area contributed by atoms with E-state index in [1.54, 1.807) is 0 Å². The van der Waals surface area contributed by atoms with Crippen LogP contribution in [0.2, 0.25) is 5.15 Å². The molecule has 2 aliphatic carbocycles. The number of carbonyl (C=O) groups is 1. The van der Waals surface area contributed by atoms with Gasteiger partial charge in [0, 0.05) is 40.0 Å². The van der Waals surface area contributed by atoms with Gasteiger partial charge in [-0.2, -0.15) is 13.9 Å². The molecule has 4 aromatic heterocycles. The second-order valence-electron chi connectivity index (χ2n) is 14.7. The van der Waals surface area contributed by atoms with Gasteiger partial charge in [0.05, 0.1) is 11.9 Å². The maximum Gasteiger partial charge on any atom is 0.293 e. The molecule has 7 rings (SSSR count). The van der Waals surface area contributed by atoms with Crippen molar-refractivity contribution in [1.82, 2.24) is 29.4 Å². The predicted molar refractivity (Wildman–Crippen MR) is 189 cm³/mol. The summed E-state index contributed by atoms with van der Waals surface area (Å²) in [6, 6.07) is 6.40. The number of nitrogens with zero attached hydrogens (tertiary/aromatic N) is 6. The van der Waals surface area contributed by atoms with Crippen LogP contribution in [-0.4, -0.2) is 49.9 Å². The zero-order valence-electron chi connectivity index (χ0n) is 29.4. The average Bonchev–Trinajstić information content (AvgIpc) is 3.52. The minimum atomic E-state index is -3.89. The molecule has 0 radical (unpaired) electrons. The molecule has 4 heterocycles. The number of nitrogens with two attached hydrogens (primary N) is 1. The monoisotopic (exact) mass is 804 g/mol. The summed E-state index contributed by atoms with van der Waals surface area (Å²) in [7, 11) is -3.89. The number of primary amides is 1. The Kier molecular flexibility index (Phi) is 9.19. The summed E-state index contributed by atoms with van der Waals surface area (Å²) in [6.07, 6.45) is -2.97. The van der Waals surface area contributed by atoms with Crippen LogP contribution in [0.25, 0.3) is 16.8 Å². The van der Waals surface area contributed by atoms with E-state index >= 15 is 8.78 Å². The average molecular weight is 805 g/mol. The molecule has 1 fully saturated rings. The van der Waals surface area contributed by atoms with E-state index in [-0.39, 0.29) is 56.8 Å². The molecule has 0 aliphatic heterocycles. The Balaban J connectivity index is 1.54. The molecular formula is C36H31ClF6N8O3S. The largest absolute Gasteiger partial charge is 0.368 e. The SMILES string of the molecule is CC(C)(C)C#Cc1ccc(-c2ccc(Cl)n3c(NS(C)(=O)=O)nnc23)c([C@@H](Cc2cc(F)cc(F)c2)C(C(N)=O)n2nc(C(F)F)c3c2C(F)(F)[C@@H]2C[C@H]32)n1. The summed E-state index contributed by atoms with van der Waals surface area (Å²) >= 11 is 6.47. The highest BCUT2D eigenvalue weighted by Crippen LogP contribution is 2.68. The third-order valence-electron chi connectivity index (χ3n) is 9.35. The van der Waals surface area contributed by atoms with Gasteiger partial charge >= 0.3 is 0 Å². The molecule has 0 saturated heterocycles. The second kappa shape index (κ2) is 13.3. The highest BCUT2D eigenvalue weighted by Gasteiger charge is 2.67. The quantitative estimate of drug-likeness (QED) is 0.0887. The van der Waals surface area contributed by atoms with Gasteiger partial charge in [-0.3, -0.25) is 9.52 Å². The van der Waals surface area contributed by atoms with Gasteiger partial charge in [0.25, 0.3) is 12.3 Å². The summed E-state index contributed by atoms with van der Waals surface area (Å²) in [5, 5.41) is 11.9. The van der Waals surface area contributed by atoms with E-state index in [4.69, 9.17) is 22.3 Å². The molecule has 288 valence electrons. The van der Waals surface area contributed by atoms with Crippen molar-refractivity contribution in [3.05, 3.63) is 93.2 Å². The molecule has 11 nitrogen and oxygen atoms in total. The van der Waals surface area contributed by atoms with E-state index in [0.29, 0.717) is 10.7 Å². The van der Waals surface area contributed by atoms with Gasteiger partial charge in [-0.25, -0.2) is 40.0 Å². The number of pyridine rings is 2. The molecule has 0 bridgehead atoms. The zero-order valence-corrected chi connectivity index (χ0v) is 31.0. The molecular weight excluding hydrogens is 774 g/mol. The van der Waals surface area contributed by atoms with E-state index in [2.05, 4.69) is 31.9 Å². The Labute approximate surface area is 315 Å². The summed E-state index contributed by atoms with van der Waals surface area (Å²) in [4.78, 5) is 18.5. The third-order valence-corrected chi connectivity index (χ3v) is 10.2. The van der Waals surface area contributed by atoms with Crippen molar-refractivity contribution in [1.29, 1.82) is 0 Å². The van der Waals surface area contributed by atoms with Gasteiger partial charge in [0.2, 0.25) is 21.9 Å². The van der Waals surface area contributed by atoms with Crippen LogP contribution in [0.3, 0.4) is 0 Å². The molecule has 3 N–H and O–H groups in total. The first-order valence-electron chi connectivity index (χ1n) is 16.7. The van der Waals surface area contributed by atoms with Crippen molar-refractivity contribution in [2.75, 3.05) is 11.0 Å². The fourth-order valence-corrected chi connectivity index (χ4v) is 7.84. The summed E-state index contributed by atoms with van der Waals surface area (Å²) in [5.74, 6) is -5.02. The number of aromatic nitrogens is 6. The second-order valence-corrected chi connectivity index (χ2v) is 16.8. The van der Waals surface area contributed by atoms with Crippen LogP contribution in [0.15, 0.2) is 42.5 Å². The molecule has 1 amide bonds. The fourth-order valence-electron chi connectivity index (χ4n) is 7.16. The van der Waals surface area contributed by atoms with Gasteiger partial charge in [-0.1, -0.05) is 17.5 Å². The number of amides is 1. The Bertz CT molecular complexity index is 2560. The van der Waals surface area contributed by atoms with Crippen LogP contribution in [-0.2, 0) is 27.2 Å². The van der Waals surface area contributed by atoms with Gasteiger partial charge < -0.3 is 5.73 Å². The highest BCUT2D eigenvalue weighted by molar-refractivity contribution is 7.92. The number of anilines is 1. The van der Waals surface area contributed by atoms with E-state index in [9.17, 15) is 30.8 Å². The lowest BCUT2D eigenvalue weighted by Gasteiger charge is -2.29. The van der Waals surface area contributed by atoms with Crippen LogP contribution in [0.4, 0.5) is 32.3 Å². The standard InChI is InChI=1S/C36H31ClF6N8O3S/c1-35(2,3)10-9-19-5-6-20(21-7-8-25(37)50-33(21)46-47-34(50)49-55(4,53)54)27(45-19)23(13-16-11-17(38)14-18(39)12-16)29(32(44)52)51-30-26(28(48-51)31(40)41)22-15-24(22)36(30,42)43/h5-8,11-12,14,22-24,29,31H,13,15H2,1-4H3,(H2,44,52)(H,47,49)/t22-,23+,24+,29?/m0/s1. The van der Waals surface area contributed by atoms with Crippen LogP contribution >= 0.6 is 11.6 Å². The molecule has 55 heavy (non-hydrogen) atoms. The lowest BCUT2D eigenvalue weighted by molar-refractivity contribution is -0.122. The predicted octanol–water partition coefficient (Wildman–Crippen LogP) is 6.89. The van der Waals surface area contributed by atoms with E-state index in [1.807, 2.05) is 20.8 Å². The van der Waals surface area contributed by atoms with E-state index in [0.717, 1.165) is 18.4 Å². The number of carbonyl (C=O) groups excluding carboxylic acids is 1. The van der Waals surface area contributed by atoms with E-state index < -0.39 is 86.9 Å². The molecule has 0 spiro atoms. The van der Waals surface area contributed by atoms with Gasteiger partial charge in [0.1, 0.15) is 39.9 Å². The van der Waals surface area contributed by atoms with Crippen molar-refractivity contribution >= 4 is 39.1 Å². The number of hydrogen-bond donors (Lipinski definition) is 2. The molecule has 1 aromatic carbocycles. The molecule has 19 heteroatoms. The van der Waals surface area contributed by atoms with Crippen molar-refractivity contribution in [3.8, 4) is 23.0 Å². The summed E-state index contributed by atoms with van der Waals surface area (Å²) in [6.45, 7) is 5.50. The van der Waals surface area contributed by atoms with Crippen molar-refractivity contribution in [2.24, 2.45) is 17.1 Å². The smallest absolute Gasteiger partial charge is 0.293 e. The number of fused-ring (bicyclic) bond motifs is 4. The number of benzene rings is 1. The van der Waals surface area contributed by atoms with Crippen molar-refractivity contribution in [2.45, 2.75) is 63.8 Å². The molecule has 1 unspecified atom stereocenters. The first-order chi connectivity index (χ1) is 25.6. The normalized spacial score (nSPS) is 18.4. The lowest BCUT2D eigenvalue weighted by atomic mass is 9.84. The van der Waals surface area contributed by atoms with Gasteiger partial charge in [-0.05, 0) is 87.4 Å². The Morgan fingerprint density at radius 1 is 1.07 bits per heavy atom. The fraction of sp³-hybridized carbons (Fsp3) is 0.361. The Hall–Kier alpha value is -5.15. The molecule has 5 aromatic rings. The van der Waals surface area contributed by atoms with E-state index in [1.165, 1.54) is 28.7 Å². The number of halogens is 7. The molecule has 2 aliphatic rings. The minimum Gasteiger partial charge on any atom is -0.368 e. The number of hydrogen-bond acceptors (Lipinski definition) is 7. The summed E-state index contributed by atoms with van der Waals surface area (Å²) < 4.78 is 119. The topological polar surface area (TPSA) is 150 Å². The number of nitrogens with one attached hydrogen (secondary N) is 1. The number of alkyl halides is 4. The van der Waals surface area contributed by atoms with Gasteiger partial charge in [-0.15, -0.1) is 10.2 Å². The van der Waals surface area contributed by atoms with Gasteiger partial charge in [0.15, 0.2) is 5.65 Å². The Morgan fingerprint density at radius 3 is 2.36 bits per heavy atom. The lowest BCUT2D eigenvalue weighted by Crippen LogP contribution is -2.37. The third kappa shape index (κ3) is 7.10. The molecule has 1 saturated carbocycles. The van der Waals surface area contributed by atoms with Crippen LogP contribution in [0, 0.1) is 34.8 Å². The maximum atomic E-state index is 16.0. The van der Waals surface area contributed by atoms with Crippen LogP contribution in [0.1, 0.15) is 85.4 Å². The van der Waals surface area contributed by atoms with Crippen molar-refractivity contribution < 1.29 is 39.6 Å². The van der Waals surface area contributed by atoms with Crippen molar-refractivity contribution in [3.63, 3.8) is 0 Å².